The Morgan fingerprint density at radius 2 is 1.87 bits per heavy atom. The van der Waals surface area contributed by atoms with E-state index in [1.165, 1.54) is 16.2 Å². The average molecular weight is 543 g/mol. The van der Waals surface area contributed by atoms with Crippen molar-refractivity contribution in [2.24, 2.45) is 0 Å². The molecule has 1 fully saturated rings. The molecule has 9 heteroatoms. The van der Waals surface area contributed by atoms with Gasteiger partial charge in [0.15, 0.2) is 16.6 Å². The van der Waals surface area contributed by atoms with Gasteiger partial charge < -0.3 is 19.3 Å². The van der Waals surface area contributed by atoms with Gasteiger partial charge in [0.25, 0.3) is 5.78 Å². The molecular weight excluding hydrogens is 516 g/mol. The number of benzene rings is 3. The van der Waals surface area contributed by atoms with Gasteiger partial charge in [0, 0.05) is 5.56 Å². The van der Waals surface area contributed by atoms with Crippen LogP contribution >= 0.6 is 11.3 Å². The fraction of sp³-hybridized carbons (Fsp3) is 0.233. The molecule has 1 N–H and O–H groups in total. The molecule has 0 aliphatic carbocycles. The standard InChI is InChI=1S/C30H26N2O6S/c1-4-36-20-7-5-6-18(14-20)26-24(27(33)19-8-9-21-22(15-19)38-11-10-37-21)28(34)29(35)32(26)30-31-25-17(3)12-16(2)13-23(25)39-30/h5-9,12-15,26,33H,4,10-11H2,1-3H3/b27-24+. The largest absolute Gasteiger partial charge is 0.507 e. The molecule has 0 saturated carbocycles. The first kappa shape index (κ1) is 24.9. The van der Waals surface area contributed by atoms with Gasteiger partial charge in [-0.2, -0.15) is 0 Å². The van der Waals surface area contributed by atoms with E-state index in [-0.39, 0.29) is 11.3 Å². The Morgan fingerprint density at radius 1 is 1.08 bits per heavy atom. The van der Waals surface area contributed by atoms with Crippen LogP contribution in [-0.2, 0) is 9.59 Å². The lowest BCUT2D eigenvalue weighted by Crippen LogP contribution is -2.29. The van der Waals surface area contributed by atoms with E-state index in [2.05, 4.69) is 0 Å². The van der Waals surface area contributed by atoms with E-state index in [1.807, 2.05) is 45.0 Å². The predicted molar refractivity (Wildman–Crippen MR) is 149 cm³/mol. The van der Waals surface area contributed by atoms with Gasteiger partial charge in [-0.05, 0) is 73.9 Å². The summed E-state index contributed by atoms with van der Waals surface area (Å²) in [5.74, 6) is -0.232. The molecule has 1 atom stereocenters. The van der Waals surface area contributed by atoms with Crippen LogP contribution in [0.2, 0.25) is 0 Å². The number of amides is 1. The van der Waals surface area contributed by atoms with Crippen LogP contribution in [0.5, 0.6) is 17.2 Å². The highest BCUT2D eigenvalue weighted by Crippen LogP contribution is 2.46. The molecule has 1 aromatic heterocycles. The molecular formula is C30H26N2O6S. The van der Waals surface area contributed by atoms with E-state index in [0.29, 0.717) is 53.3 Å². The maximum Gasteiger partial charge on any atom is 0.301 e. The number of thiazole rings is 1. The Morgan fingerprint density at radius 3 is 2.67 bits per heavy atom. The summed E-state index contributed by atoms with van der Waals surface area (Å²) in [4.78, 5) is 33.4. The quantitative estimate of drug-likeness (QED) is 0.196. The minimum absolute atomic E-state index is 0.0301. The van der Waals surface area contributed by atoms with Crippen LogP contribution in [0, 0.1) is 13.8 Å². The normalized spacial score (nSPS) is 18.1. The van der Waals surface area contributed by atoms with Crippen LogP contribution in [0.15, 0.2) is 60.2 Å². The number of aryl methyl sites for hydroxylation is 2. The molecule has 0 spiro atoms. The Kier molecular flexibility index (Phi) is 6.23. The lowest BCUT2D eigenvalue weighted by atomic mass is 9.95. The molecule has 2 aliphatic heterocycles. The highest BCUT2D eigenvalue weighted by atomic mass is 32.1. The first-order valence-electron chi connectivity index (χ1n) is 12.7. The number of Topliss-reactive ketones (excluding diaryl/α,β-unsaturated/α-hetero) is 1. The van der Waals surface area contributed by atoms with Crippen molar-refractivity contribution in [3.05, 3.63) is 82.4 Å². The van der Waals surface area contributed by atoms with E-state index >= 15 is 0 Å². The monoisotopic (exact) mass is 542 g/mol. The van der Waals surface area contributed by atoms with E-state index in [1.54, 1.807) is 30.3 Å². The van der Waals surface area contributed by atoms with Crippen LogP contribution in [0.4, 0.5) is 5.13 Å². The summed E-state index contributed by atoms with van der Waals surface area (Å²) in [6.45, 7) is 7.12. The Balaban J connectivity index is 1.55. The maximum atomic E-state index is 13.6. The third-order valence-corrected chi connectivity index (χ3v) is 7.77. The summed E-state index contributed by atoms with van der Waals surface area (Å²) in [6.07, 6.45) is 0. The minimum Gasteiger partial charge on any atom is -0.507 e. The molecule has 3 aromatic carbocycles. The number of fused-ring (bicyclic) bond motifs is 2. The van der Waals surface area contributed by atoms with Gasteiger partial charge in [0.05, 0.1) is 28.4 Å². The van der Waals surface area contributed by atoms with Gasteiger partial charge >= 0.3 is 5.91 Å². The van der Waals surface area contributed by atoms with Crippen molar-refractivity contribution < 1.29 is 28.9 Å². The van der Waals surface area contributed by atoms with Crippen molar-refractivity contribution >= 4 is 44.1 Å². The fourth-order valence-electron chi connectivity index (χ4n) is 5.09. The molecule has 1 saturated heterocycles. The highest BCUT2D eigenvalue weighted by Gasteiger charge is 2.48. The molecule has 39 heavy (non-hydrogen) atoms. The number of nitrogens with zero attached hydrogens (tertiary/aromatic N) is 2. The van der Waals surface area contributed by atoms with Gasteiger partial charge in [-0.25, -0.2) is 4.98 Å². The van der Waals surface area contributed by atoms with Gasteiger partial charge in [0.2, 0.25) is 0 Å². The van der Waals surface area contributed by atoms with Crippen molar-refractivity contribution in [3.8, 4) is 17.2 Å². The van der Waals surface area contributed by atoms with Crippen molar-refractivity contribution in [1.29, 1.82) is 0 Å². The molecule has 6 rings (SSSR count). The zero-order valence-corrected chi connectivity index (χ0v) is 22.5. The first-order chi connectivity index (χ1) is 18.9. The predicted octanol–water partition coefficient (Wildman–Crippen LogP) is 5.71. The first-order valence-corrected chi connectivity index (χ1v) is 13.5. The minimum atomic E-state index is -0.916. The summed E-state index contributed by atoms with van der Waals surface area (Å²) in [7, 11) is 0. The summed E-state index contributed by atoms with van der Waals surface area (Å²) in [5.41, 5.74) is 3.77. The number of carbonyl (C=O) groups excluding carboxylic acids is 2. The highest BCUT2D eigenvalue weighted by molar-refractivity contribution is 7.22. The third kappa shape index (κ3) is 4.28. The smallest absolute Gasteiger partial charge is 0.301 e. The molecule has 1 unspecified atom stereocenters. The summed E-state index contributed by atoms with van der Waals surface area (Å²) >= 11 is 1.34. The van der Waals surface area contributed by atoms with Gasteiger partial charge in [-0.15, -0.1) is 0 Å². The van der Waals surface area contributed by atoms with Crippen LogP contribution in [0.3, 0.4) is 0 Å². The Bertz CT molecular complexity index is 1670. The lowest BCUT2D eigenvalue weighted by Gasteiger charge is -2.23. The van der Waals surface area contributed by atoms with Crippen molar-refractivity contribution in [2.45, 2.75) is 26.8 Å². The molecule has 1 amide bonds. The van der Waals surface area contributed by atoms with Crippen molar-refractivity contribution in [1.82, 2.24) is 4.98 Å². The van der Waals surface area contributed by atoms with E-state index in [4.69, 9.17) is 19.2 Å². The number of aliphatic hydroxyl groups excluding tert-OH is 1. The molecule has 8 nitrogen and oxygen atoms in total. The summed E-state index contributed by atoms with van der Waals surface area (Å²) in [6, 6.07) is 15.3. The molecule has 2 aliphatic rings. The van der Waals surface area contributed by atoms with Gasteiger partial charge in [-0.1, -0.05) is 29.5 Å². The third-order valence-electron chi connectivity index (χ3n) is 6.77. The van der Waals surface area contributed by atoms with Crippen LogP contribution in [0.25, 0.3) is 16.0 Å². The van der Waals surface area contributed by atoms with Crippen molar-refractivity contribution in [3.63, 3.8) is 0 Å². The molecule has 3 heterocycles. The number of aromatic nitrogens is 1. The number of carbonyl (C=O) groups is 2. The molecule has 0 radical (unpaired) electrons. The van der Waals surface area contributed by atoms with E-state index in [0.717, 1.165) is 21.3 Å². The van der Waals surface area contributed by atoms with Crippen LogP contribution < -0.4 is 19.1 Å². The molecule has 4 aromatic rings. The molecule has 0 bridgehead atoms. The number of ketones is 1. The topological polar surface area (TPSA) is 98.2 Å². The molecule has 198 valence electrons. The van der Waals surface area contributed by atoms with E-state index < -0.39 is 17.7 Å². The zero-order chi connectivity index (χ0) is 27.3. The van der Waals surface area contributed by atoms with Crippen LogP contribution in [0.1, 0.15) is 35.2 Å². The van der Waals surface area contributed by atoms with Crippen molar-refractivity contribution in [2.75, 3.05) is 24.7 Å². The second-order valence-corrected chi connectivity index (χ2v) is 10.5. The van der Waals surface area contributed by atoms with Gasteiger partial charge in [0.1, 0.15) is 24.7 Å². The summed E-state index contributed by atoms with van der Waals surface area (Å²) in [5, 5.41) is 11.9. The SMILES string of the molecule is CCOc1cccc(C2/C(=C(\O)c3ccc4c(c3)OCCO4)C(=O)C(=O)N2c2nc3c(C)cc(C)cc3s2)c1. The van der Waals surface area contributed by atoms with Crippen LogP contribution in [-0.4, -0.2) is 41.6 Å². The lowest BCUT2D eigenvalue weighted by molar-refractivity contribution is -0.132. The fourth-order valence-corrected chi connectivity index (χ4v) is 6.26. The zero-order valence-electron chi connectivity index (χ0n) is 21.7. The Labute approximate surface area is 229 Å². The average Bonchev–Trinajstić information content (AvgIpc) is 3.47. The second kappa shape index (κ2) is 9.74. The number of aliphatic hydroxyl groups is 1. The number of hydrogen-bond acceptors (Lipinski definition) is 8. The number of anilines is 1. The summed E-state index contributed by atoms with van der Waals surface area (Å²) < 4.78 is 17.9. The number of ether oxygens (including phenoxy) is 3. The maximum absolute atomic E-state index is 13.6. The van der Waals surface area contributed by atoms with E-state index in [9.17, 15) is 14.7 Å². The van der Waals surface area contributed by atoms with Gasteiger partial charge in [-0.3, -0.25) is 14.5 Å². The number of rotatable bonds is 5. The Hall–Kier alpha value is -4.37. The second-order valence-electron chi connectivity index (χ2n) is 9.46. The number of hydrogen-bond donors (Lipinski definition) is 1.